The maximum absolute atomic E-state index is 9.00. The van der Waals surface area contributed by atoms with Crippen LogP contribution in [-0.4, -0.2) is 90.6 Å². The Labute approximate surface area is 129 Å². The van der Waals surface area contributed by atoms with E-state index in [2.05, 4.69) is 29.7 Å². The number of aromatic nitrogens is 3. The second kappa shape index (κ2) is 7.03. The molecule has 2 aliphatic rings. The second-order valence-corrected chi connectivity index (χ2v) is 5.45. The number of nitrogen functional groups attached to an aromatic ring is 1. The molecule has 122 valence electrons. The van der Waals surface area contributed by atoms with E-state index in [9.17, 15) is 0 Å². The van der Waals surface area contributed by atoms with Gasteiger partial charge in [0.25, 0.3) is 0 Å². The summed E-state index contributed by atoms with van der Waals surface area (Å²) in [6.07, 6.45) is 0. The summed E-state index contributed by atoms with van der Waals surface area (Å²) in [5.74, 6) is 1.52. The Bertz CT molecular complexity index is 487. The van der Waals surface area contributed by atoms with Gasteiger partial charge in [0, 0.05) is 45.8 Å². The summed E-state index contributed by atoms with van der Waals surface area (Å²) in [5, 5.41) is 9.00. The van der Waals surface area contributed by atoms with Crippen molar-refractivity contribution in [2.45, 2.75) is 0 Å². The van der Waals surface area contributed by atoms with E-state index >= 15 is 0 Å². The molecule has 0 amide bonds. The van der Waals surface area contributed by atoms with Crippen LogP contribution in [0.5, 0.6) is 0 Å². The van der Waals surface area contributed by atoms with Crippen molar-refractivity contribution < 1.29 is 9.84 Å². The molecule has 0 radical (unpaired) electrons. The Morgan fingerprint density at radius 3 is 2.09 bits per heavy atom. The van der Waals surface area contributed by atoms with Crippen molar-refractivity contribution in [2.75, 3.05) is 81.2 Å². The lowest BCUT2D eigenvalue weighted by atomic mass is 10.3. The number of rotatable bonds is 4. The Morgan fingerprint density at radius 1 is 0.909 bits per heavy atom. The van der Waals surface area contributed by atoms with E-state index in [0.717, 1.165) is 39.3 Å². The van der Waals surface area contributed by atoms with E-state index in [-0.39, 0.29) is 12.6 Å². The van der Waals surface area contributed by atoms with Crippen LogP contribution >= 0.6 is 0 Å². The average Bonchev–Trinajstić information content (AvgIpc) is 2.56. The highest BCUT2D eigenvalue weighted by atomic mass is 16.5. The zero-order valence-corrected chi connectivity index (χ0v) is 12.7. The molecule has 0 atom stereocenters. The maximum atomic E-state index is 9.00. The minimum absolute atomic E-state index is 0.194. The minimum Gasteiger partial charge on any atom is -0.395 e. The van der Waals surface area contributed by atoms with Gasteiger partial charge in [-0.25, -0.2) is 0 Å². The van der Waals surface area contributed by atoms with Crippen molar-refractivity contribution in [3.05, 3.63) is 0 Å². The molecule has 22 heavy (non-hydrogen) atoms. The summed E-state index contributed by atoms with van der Waals surface area (Å²) in [7, 11) is 0. The Balaban J connectivity index is 1.70. The number of aliphatic hydroxyl groups is 1. The lowest BCUT2D eigenvalue weighted by Crippen LogP contribution is -2.48. The third-order valence-corrected chi connectivity index (χ3v) is 3.99. The molecular weight excluding hydrogens is 286 g/mol. The van der Waals surface area contributed by atoms with Gasteiger partial charge in [-0.2, -0.15) is 15.0 Å². The number of piperazine rings is 1. The molecular formula is C13H23N7O2. The van der Waals surface area contributed by atoms with Crippen molar-refractivity contribution in [2.24, 2.45) is 0 Å². The van der Waals surface area contributed by atoms with Crippen molar-refractivity contribution in [3.8, 4) is 0 Å². The number of anilines is 3. The molecule has 2 fully saturated rings. The SMILES string of the molecule is Nc1nc(N2CCOCC2)nc(N2CCN(CCO)CC2)n1. The maximum Gasteiger partial charge on any atom is 0.232 e. The molecule has 2 aliphatic heterocycles. The largest absolute Gasteiger partial charge is 0.395 e. The molecule has 1 aromatic heterocycles. The molecule has 0 aromatic carbocycles. The lowest BCUT2D eigenvalue weighted by molar-refractivity contribution is 0.122. The molecule has 9 heteroatoms. The molecule has 1 aromatic rings. The zero-order chi connectivity index (χ0) is 15.4. The molecule has 0 unspecified atom stereocenters. The summed E-state index contributed by atoms with van der Waals surface area (Å²) in [6.45, 7) is 7.24. The van der Waals surface area contributed by atoms with Gasteiger partial charge in [-0.05, 0) is 0 Å². The molecule has 3 rings (SSSR count). The van der Waals surface area contributed by atoms with Gasteiger partial charge in [-0.1, -0.05) is 0 Å². The zero-order valence-electron chi connectivity index (χ0n) is 12.7. The van der Waals surface area contributed by atoms with Crippen LogP contribution in [0.4, 0.5) is 17.8 Å². The third-order valence-electron chi connectivity index (χ3n) is 3.99. The monoisotopic (exact) mass is 309 g/mol. The quantitative estimate of drug-likeness (QED) is 0.680. The molecule has 0 saturated carbocycles. The van der Waals surface area contributed by atoms with Gasteiger partial charge >= 0.3 is 0 Å². The van der Waals surface area contributed by atoms with Crippen LogP contribution in [0.25, 0.3) is 0 Å². The van der Waals surface area contributed by atoms with Gasteiger partial charge in [0.1, 0.15) is 0 Å². The fraction of sp³-hybridized carbons (Fsp3) is 0.769. The van der Waals surface area contributed by atoms with Crippen molar-refractivity contribution in [1.29, 1.82) is 0 Å². The molecule has 9 nitrogen and oxygen atoms in total. The van der Waals surface area contributed by atoms with Crippen LogP contribution in [0.15, 0.2) is 0 Å². The molecule has 3 heterocycles. The normalized spacial score (nSPS) is 20.4. The standard InChI is InChI=1S/C13H23N7O2/c14-11-15-12(19-3-1-18(2-4-19)5-8-21)17-13(16-11)20-6-9-22-10-7-20/h21H,1-10H2,(H2,14,15,16,17). The van der Waals surface area contributed by atoms with Crippen LogP contribution in [0, 0.1) is 0 Å². The van der Waals surface area contributed by atoms with Crippen LogP contribution in [0.2, 0.25) is 0 Å². The van der Waals surface area contributed by atoms with Gasteiger partial charge < -0.3 is 25.4 Å². The number of hydrogen-bond acceptors (Lipinski definition) is 9. The topological polar surface area (TPSA) is 104 Å². The first-order chi connectivity index (χ1) is 10.8. The van der Waals surface area contributed by atoms with Crippen LogP contribution in [-0.2, 0) is 4.74 Å². The van der Waals surface area contributed by atoms with Crippen LogP contribution < -0.4 is 15.5 Å². The number of nitrogens with zero attached hydrogens (tertiary/aromatic N) is 6. The highest BCUT2D eigenvalue weighted by molar-refractivity contribution is 5.44. The highest BCUT2D eigenvalue weighted by Crippen LogP contribution is 2.17. The molecule has 0 bridgehead atoms. The Kier molecular flexibility index (Phi) is 4.86. The first-order valence-corrected chi connectivity index (χ1v) is 7.68. The van der Waals surface area contributed by atoms with Gasteiger partial charge in [-0.3, -0.25) is 4.90 Å². The summed E-state index contributed by atoms with van der Waals surface area (Å²) in [5.41, 5.74) is 5.86. The summed E-state index contributed by atoms with van der Waals surface area (Å²) in [4.78, 5) is 19.5. The minimum atomic E-state index is 0.194. The van der Waals surface area contributed by atoms with E-state index in [4.69, 9.17) is 15.6 Å². The van der Waals surface area contributed by atoms with Crippen LogP contribution in [0.1, 0.15) is 0 Å². The number of β-amino-alcohol motifs (C(OH)–C–C–N with tert-alkyl or cyclic N) is 1. The van der Waals surface area contributed by atoms with E-state index in [0.29, 0.717) is 31.7 Å². The second-order valence-electron chi connectivity index (χ2n) is 5.45. The van der Waals surface area contributed by atoms with Crippen molar-refractivity contribution >= 4 is 17.8 Å². The molecule has 2 saturated heterocycles. The predicted molar refractivity (Wildman–Crippen MR) is 83.0 cm³/mol. The predicted octanol–water partition coefficient (Wildman–Crippen LogP) is -1.60. The van der Waals surface area contributed by atoms with E-state index in [1.54, 1.807) is 0 Å². The lowest BCUT2D eigenvalue weighted by Gasteiger charge is -2.34. The van der Waals surface area contributed by atoms with Gasteiger partial charge in [0.15, 0.2) is 0 Å². The van der Waals surface area contributed by atoms with Gasteiger partial charge in [0.2, 0.25) is 17.8 Å². The number of hydrogen-bond donors (Lipinski definition) is 2. The summed E-state index contributed by atoms with van der Waals surface area (Å²) < 4.78 is 5.35. The average molecular weight is 309 g/mol. The van der Waals surface area contributed by atoms with E-state index in [1.165, 1.54) is 0 Å². The molecule has 3 N–H and O–H groups in total. The third kappa shape index (κ3) is 3.54. The van der Waals surface area contributed by atoms with E-state index in [1.807, 2.05) is 0 Å². The first kappa shape index (κ1) is 15.2. The number of nitrogens with two attached hydrogens (primary N) is 1. The summed E-state index contributed by atoms with van der Waals surface area (Å²) >= 11 is 0. The molecule has 0 spiro atoms. The highest BCUT2D eigenvalue weighted by Gasteiger charge is 2.21. The first-order valence-electron chi connectivity index (χ1n) is 7.68. The number of ether oxygens (including phenoxy) is 1. The van der Waals surface area contributed by atoms with Gasteiger partial charge in [0.05, 0.1) is 19.8 Å². The Hall–Kier alpha value is -1.71. The van der Waals surface area contributed by atoms with Gasteiger partial charge in [-0.15, -0.1) is 0 Å². The molecule has 0 aliphatic carbocycles. The van der Waals surface area contributed by atoms with E-state index < -0.39 is 0 Å². The number of morpholine rings is 1. The van der Waals surface area contributed by atoms with Crippen molar-refractivity contribution in [3.63, 3.8) is 0 Å². The Morgan fingerprint density at radius 2 is 1.50 bits per heavy atom. The fourth-order valence-corrected chi connectivity index (χ4v) is 2.73. The van der Waals surface area contributed by atoms with Crippen molar-refractivity contribution in [1.82, 2.24) is 19.9 Å². The summed E-state index contributed by atoms with van der Waals surface area (Å²) in [6, 6.07) is 0. The fourth-order valence-electron chi connectivity index (χ4n) is 2.73. The van der Waals surface area contributed by atoms with Crippen LogP contribution in [0.3, 0.4) is 0 Å². The smallest absolute Gasteiger partial charge is 0.232 e. The number of aliphatic hydroxyl groups excluding tert-OH is 1.